The van der Waals surface area contributed by atoms with E-state index in [1.807, 2.05) is 6.92 Å². The van der Waals surface area contributed by atoms with Crippen LogP contribution in [0.2, 0.25) is 0 Å². The summed E-state index contributed by atoms with van der Waals surface area (Å²) >= 11 is 12.9. The van der Waals surface area contributed by atoms with Crippen molar-refractivity contribution in [3.05, 3.63) is 53.1 Å². The number of hydrogen-bond donors (Lipinski definition) is 0. The van der Waals surface area contributed by atoms with Gasteiger partial charge in [-0.3, -0.25) is 9.59 Å². The number of Topliss-reactive ketones (excluding diaryl/α,β-unsaturated/α-hetero) is 1. The first-order valence-corrected chi connectivity index (χ1v) is 8.16. The maximum Gasteiger partial charge on any atom is 0.174 e. The smallest absolute Gasteiger partial charge is 0.174 e. The van der Waals surface area contributed by atoms with E-state index in [-0.39, 0.29) is 17.5 Å². The zero-order valence-electron chi connectivity index (χ0n) is 12.8. The van der Waals surface area contributed by atoms with Crippen LogP contribution in [-0.2, 0) is 9.53 Å². The summed E-state index contributed by atoms with van der Waals surface area (Å²) in [5, 5.41) is -0.157. The van der Waals surface area contributed by atoms with E-state index in [2.05, 4.69) is 0 Å². The van der Waals surface area contributed by atoms with Gasteiger partial charge in [-0.05, 0) is 37.1 Å². The highest BCUT2D eigenvalue weighted by Gasteiger charge is 2.50. The van der Waals surface area contributed by atoms with Crippen LogP contribution in [0.5, 0.6) is 0 Å². The SMILES string of the molecule is CC(=O)c1ccc(/C(Cl)=C2\CO[C@]3(C)C=CC(=O)[C@@H](Cl)[C@H]23)cc1. The third-order valence-electron chi connectivity index (χ3n) is 4.50. The average Bonchev–Trinajstić information content (AvgIpc) is 2.89. The number of carbonyl (C=O) groups is 2. The molecule has 0 radical (unpaired) electrons. The first kappa shape index (κ1) is 16.4. The van der Waals surface area contributed by atoms with E-state index in [1.54, 1.807) is 30.3 Å². The van der Waals surface area contributed by atoms with Gasteiger partial charge in [-0.25, -0.2) is 0 Å². The molecule has 0 bridgehead atoms. The van der Waals surface area contributed by atoms with Crippen molar-refractivity contribution in [3.8, 4) is 0 Å². The van der Waals surface area contributed by atoms with Crippen molar-refractivity contribution in [3.63, 3.8) is 0 Å². The first-order valence-electron chi connectivity index (χ1n) is 7.34. The number of ether oxygens (including phenoxy) is 1. The predicted octanol–water partition coefficient (Wildman–Crippen LogP) is 3.99. The summed E-state index contributed by atoms with van der Waals surface area (Å²) in [7, 11) is 0. The highest BCUT2D eigenvalue weighted by molar-refractivity contribution is 6.49. The number of ketones is 2. The molecule has 0 spiro atoms. The molecule has 23 heavy (non-hydrogen) atoms. The summed E-state index contributed by atoms with van der Waals surface area (Å²) < 4.78 is 5.86. The Morgan fingerprint density at radius 3 is 2.48 bits per heavy atom. The second kappa shape index (κ2) is 5.90. The van der Waals surface area contributed by atoms with Gasteiger partial charge in [0.15, 0.2) is 11.6 Å². The molecule has 0 unspecified atom stereocenters. The van der Waals surface area contributed by atoms with Gasteiger partial charge in [-0.1, -0.05) is 35.9 Å². The van der Waals surface area contributed by atoms with E-state index in [1.165, 1.54) is 13.0 Å². The summed E-state index contributed by atoms with van der Waals surface area (Å²) in [6.45, 7) is 3.75. The zero-order valence-corrected chi connectivity index (χ0v) is 14.3. The van der Waals surface area contributed by atoms with Gasteiger partial charge in [0.1, 0.15) is 5.38 Å². The number of hydrogen-bond acceptors (Lipinski definition) is 3. The van der Waals surface area contributed by atoms with Crippen LogP contribution in [0.3, 0.4) is 0 Å². The predicted molar refractivity (Wildman–Crippen MR) is 90.9 cm³/mol. The molecule has 0 N–H and O–H groups in total. The maximum atomic E-state index is 11.9. The highest BCUT2D eigenvalue weighted by atomic mass is 35.5. The molecule has 5 heteroatoms. The Bertz CT molecular complexity index is 733. The summed E-state index contributed by atoms with van der Waals surface area (Å²) in [5.74, 6) is -0.420. The van der Waals surface area contributed by atoms with Crippen molar-refractivity contribution in [2.75, 3.05) is 6.61 Å². The van der Waals surface area contributed by atoms with Gasteiger partial charge in [0, 0.05) is 16.5 Å². The molecule has 1 aromatic rings. The highest BCUT2D eigenvalue weighted by Crippen LogP contribution is 2.47. The molecular formula is C18H16Cl2O3. The molecule has 3 atom stereocenters. The fraction of sp³-hybridized carbons (Fsp3) is 0.333. The van der Waals surface area contributed by atoms with Gasteiger partial charge in [-0.2, -0.15) is 0 Å². The quantitative estimate of drug-likeness (QED) is 0.598. The lowest BCUT2D eigenvalue weighted by Gasteiger charge is -2.33. The number of carbonyl (C=O) groups excluding carboxylic acids is 2. The topological polar surface area (TPSA) is 43.4 Å². The Labute approximate surface area is 144 Å². The van der Waals surface area contributed by atoms with Crippen LogP contribution in [-0.4, -0.2) is 29.2 Å². The molecule has 3 nitrogen and oxygen atoms in total. The Morgan fingerprint density at radius 1 is 1.26 bits per heavy atom. The van der Waals surface area contributed by atoms with Crippen LogP contribution in [0, 0.1) is 5.92 Å². The number of benzene rings is 1. The first-order chi connectivity index (χ1) is 10.8. The van der Waals surface area contributed by atoms with Gasteiger partial charge in [-0.15, -0.1) is 11.6 Å². The average molecular weight is 351 g/mol. The third kappa shape index (κ3) is 2.78. The molecule has 0 saturated carbocycles. The van der Waals surface area contributed by atoms with Crippen LogP contribution in [0.1, 0.15) is 29.8 Å². The van der Waals surface area contributed by atoms with Crippen molar-refractivity contribution in [1.82, 2.24) is 0 Å². The van der Waals surface area contributed by atoms with Crippen LogP contribution >= 0.6 is 23.2 Å². The second-order valence-electron chi connectivity index (χ2n) is 6.06. The number of allylic oxidation sites excluding steroid dienone is 1. The Kier molecular flexibility index (Phi) is 4.21. The summed E-state index contributed by atoms with van der Waals surface area (Å²) in [6, 6.07) is 7.07. The van der Waals surface area contributed by atoms with Crippen LogP contribution in [0.25, 0.3) is 5.03 Å². The lowest BCUT2D eigenvalue weighted by Crippen LogP contribution is -2.42. The minimum absolute atomic E-state index is 0.000868. The molecule has 1 saturated heterocycles. The van der Waals surface area contributed by atoms with E-state index in [4.69, 9.17) is 27.9 Å². The Morgan fingerprint density at radius 2 is 1.87 bits per heavy atom. The molecule has 120 valence electrons. The van der Waals surface area contributed by atoms with Crippen molar-refractivity contribution in [2.24, 2.45) is 5.92 Å². The summed E-state index contributed by atoms with van der Waals surface area (Å²) in [5.41, 5.74) is 1.62. The Hall–Kier alpha value is -1.42. The third-order valence-corrected chi connectivity index (χ3v) is 5.43. The standard InChI is InChI=1S/C18H16Cl2O3/c1-10(21)11-3-5-12(6-4-11)16(19)13-9-23-18(2)8-7-14(22)17(20)15(13)18/h3-8,15,17H,9H2,1-2H3/b16-13-/t15-,17+,18+/m0/s1. The maximum absolute atomic E-state index is 11.9. The van der Waals surface area contributed by atoms with E-state index in [0.29, 0.717) is 17.2 Å². The van der Waals surface area contributed by atoms with E-state index in [9.17, 15) is 9.59 Å². The monoisotopic (exact) mass is 350 g/mol. The number of fused-ring (bicyclic) bond motifs is 1. The normalized spacial score (nSPS) is 31.9. The molecule has 3 rings (SSSR count). The van der Waals surface area contributed by atoms with Gasteiger partial charge in [0.05, 0.1) is 12.2 Å². The molecule has 1 aliphatic carbocycles. The van der Waals surface area contributed by atoms with Crippen molar-refractivity contribution in [1.29, 1.82) is 0 Å². The van der Waals surface area contributed by atoms with E-state index < -0.39 is 11.0 Å². The van der Waals surface area contributed by atoms with Crippen LogP contribution < -0.4 is 0 Å². The zero-order chi connectivity index (χ0) is 16.8. The molecular weight excluding hydrogens is 335 g/mol. The van der Waals surface area contributed by atoms with Gasteiger partial charge in [0.25, 0.3) is 0 Å². The number of halogens is 2. The fourth-order valence-electron chi connectivity index (χ4n) is 3.12. The molecule has 0 aromatic heterocycles. The molecule has 1 fully saturated rings. The van der Waals surface area contributed by atoms with Crippen molar-refractivity contribution < 1.29 is 14.3 Å². The minimum Gasteiger partial charge on any atom is -0.366 e. The van der Waals surface area contributed by atoms with E-state index in [0.717, 1.165) is 11.1 Å². The van der Waals surface area contributed by atoms with Gasteiger partial charge in [0.2, 0.25) is 0 Å². The van der Waals surface area contributed by atoms with E-state index >= 15 is 0 Å². The molecule has 1 aromatic carbocycles. The Balaban J connectivity index is 2.02. The second-order valence-corrected chi connectivity index (χ2v) is 6.91. The molecule has 1 heterocycles. The molecule has 2 aliphatic rings. The summed E-state index contributed by atoms with van der Waals surface area (Å²) in [6.07, 6.45) is 3.24. The van der Waals surface area contributed by atoms with Gasteiger partial charge < -0.3 is 4.74 Å². The number of alkyl halides is 1. The minimum atomic E-state index is -0.687. The fourth-order valence-corrected chi connectivity index (χ4v) is 3.89. The number of rotatable bonds is 2. The lowest BCUT2D eigenvalue weighted by atomic mass is 9.77. The molecule has 1 aliphatic heterocycles. The lowest BCUT2D eigenvalue weighted by molar-refractivity contribution is -0.116. The molecule has 0 amide bonds. The van der Waals surface area contributed by atoms with Gasteiger partial charge >= 0.3 is 0 Å². The largest absolute Gasteiger partial charge is 0.366 e. The van der Waals surface area contributed by atoms with Crippen molar-refractivity contribution >= 4 is 39.8 Å². The van der Waals surface area contributed by atoms with Crippen LogP contribution in [0.15, 0.2) is 42.0 Å². The van der Waals surface area contributed by atoms with Crippen LogP contribution in [0.4, 0.5) is 0 Å². The summed E-state index contributed by atoms with van der Waals surface area (Å²) in [4.78, 5) is 23.3. The van der Waals surface area contributed by atoms with Crippen molar-refractivity contribution in [2.45, 2.75) is 24.8 Å².